The second kappa shape index (κ2) is 5.55. The normalized spacial score (nSPS) is 18.2. The molecule has 1 aromatic rings. The van der Waals surface area contributed by atoms with Gasteiger partial charge in [-0.2, -0.15) is 0 Å². The molecule has 2 heterocycles. The van der Waals surface area contributed by atoms with Crippen LogP contribution in [0.5, 0.6) is 0 Å². The topological polar surface area (TPSA) is 58.1 Å². The monoisotopic (exact) mass is 254 g/mol. The third-order valence-electron chi connectivity index (χ3n) is 3.15. The highest BCUT2D eigenvalue weighted by Crippen LogP contribution is 2.13. The smallest absolute Gasteiger partial charge is 0.265 e. The molecule has 0 aromatic carbocycles. The largest absolute Gasteiger partial charge is 0.348 e. The number of nitrogens with zero attached hydrogens (tertiary/aromatic N) is 3. The summed E-state index contributed by atoms with van der Waals surface area (Å²) in [6, 6.07) is 0.297. The summed E-state index contributed by atoms with van der Waals surface area (Å²) in [5.74, 6) is -0.00796. The van der Waals surface area contributed by atoms with Crippen LogP contribution in [0.3, 0.4) is 0 Å². The molecule has 5 nitrogen and oxygen atoms in total. The fourth-order valence-corrected chi connectivity index (χ4v) is 2.67. The lowest BCUT2D eigenvalue weighted by atomic mass is 10.1. The number of rotatable bonds is 3. The second-order valence-corrected chi connectivity index (χ2v) is 5.21. The third-order valence-corrected chi connectivity index (χ3v) is 3.92. The van der Waals surface area contributed by atoms with Crippen molar-refractivity contribution in [2.75, 3.05) is 20.1 Å². The number of carbonyl (C=O) groups excluding carboxylic acids is 1. The summed E-state index contributed by atoms with van der Waals surface area (Å²) in [6.45, 7) is 4.09. The molecule has 1 saturated heterocycles. The molecule has 0 radical (unpaired) electrons. The Balaban J connectivity index is 1.93. The van der Waals surface area contributed by atoms with Crippen LogP contribution in [0.25, 0.3) is 0 Å². The lowest BCUT2D eigenvalue weighted by Crippen LogP contribution is -2.43. The fourth-order valence-electron chi connectivity index (χ4n) is 2.02. The van der Waals surface area contributed by atoms with Gasteiger partial charge in [-0.25, -0.2) is 0 Å². The highest BCUT2D eigenvalue weighted by Gasteiger charge is 2.21. The number of aromatic nitrogens is 2. The number of hydrogen-bond donors (Lipinski definition) is 1. The summed E-state index contributed by atoms with van der Waals surface area (Å²) >= 11 is 1.19. The summed E-state index contributed by atoms with van der Waals surface area (Å²) in [6.07, 6.45) is 2.80. The van der Waals surface area contributed by atoms with E-state index in [2.05, 4.69) is 26.9 Å². The van der Waals surface area contributed by atoms with Crippen LogP contribution in [0, 0.1) is 0 Å². The standard InChI is InChI=1S/C11H18N4OS/c1-3-9-10(17-14-13-9)11(16)12-8-4-6-15(2)7-5-8/h8H,3-7H2,1-2H3,(H,12,16). The summed E-state index contributed by atoms with van der Waals surface area (Å²) in [5, 5.41) is 7.04. The Morgan fingerprint density at radius 3 is 2.88 bits per heavy atom. The van der Waals surface area contributed by atoms with Gasteiger partial charge in [0.1, 0.15) is 4.88 Å². The van der Waals surface area contributed by atoms with Crippen LogP contribution < -0.4 is 5.32 Å². The van der Waals surface area contributed by atoms with Crippen LogP contribution in [0.15, 0.2) is 0 Å². The molecule has 6 heteroatoms. The minimum atomic E-state index is -0.00796. The van der Waals surface area contributed by atoms with Crippen molar-refractivity contribution < 1.29 is 4.79 Å². The number of amides is 1. The highest BCUT2D eigenvalue weighted by atomic mass is 32.1. The summed E-state index contributed by atoms with van der Waals surface area (Å²) in [4.78, 5) is 15.0. The first-order chi connectivity index (χ1) is 8.20. The van der Waals surface area contributed by atoms with Gasteiger partial charge in [0, 0.05) is 6.04 Å². The average Bonchev–Trinajstić information content (AvgIpc) is 2.80. The molecule has 0 unspecified atom stereocenters. The fraction of sp³-hybridized carbons (Fsp3) is 0.727. The van der Waals surface area contributed by atoms with Gasteiger partial charge in [-0.05, 0) is 50.9 Å². The Morgan fingerprint density at radius 2 is 2.24 bits per heavy atom. The van der Waals surface area contributed by atoms with Gasteiger partial charge in [-0.3, -0.25) is 4.79 Å². The van der Waals surface area contributed by atoms with E-state index in [-0.39, 0.29) is 5.91 Å². The Kier molecular flexibility index (Phi) is 4.06. The molecular weight excluding hydrogens is 236 g/mol. The molecule has 1 aliphatic rings. The number of hydrogen-bond acceptors (Lipinski definition) is 5. The summed E-state index contributed by atoms with van der Waals surface area (Å²) in [5.41, 5.74) is 0.806. The lowest BCUT2D eigenvalue weighted by molar-refractivity contribution is 0.0920. The number of aryl methyl sites for hydroxylation is 1. The first-order valence-electron chi connectivity index (χ1n) is 6.01. The number of likely N-dealkylation sites (tertiary alicyclic amines) is 1. The van der Waals surface area contributed by atoms with Crippen LogP contribution in [-0.4, -0.2) is 46.6 Å². The Morgan fingerprint density at radius 1 is 1.53 bits per heavy atom. The summed E-state index contributed by atoms with van der Waals surface area (Å²) in [7, 11) is 2.11. The zero-order chi connectivity index (χ0) is 12.3. The number of piperidine rings is 1. The van der Waals surface area contributed by atoms with Gasteiger partial charge >= 0.3 is 0 Å². The molecule has 1 amide bonds. The van der Waals surface area contributed by atoms with Gasteiger partial charge in [0.25, 0.3) is 5.91 Å². The molecule has 0 saturated carbocycles. The van der Waals surface area contributed by atoms with E-state index in [0.717, 1.165) is 38.0 Å². The van der Waals surface area contributed by atoms with Crippen LogP contribution in [0.1, 0.15) is 35.1 Å². The Hall–Kier alpha value is -1.01. The van der Waals surface area contributed by atoms with Crippen molar-refractivity contribution in [3.63, 3.8) is 0 Å². The zero-order valence-corrected chi connectivity index (χ0v) is 11.1. The molecule has 94 valence electrons. The van der Waals surface area contributed by atoms with Gasteiger partial charge in [-0.1, -0.05) is 11.4 Å². The molecule has 0 aliphatic carbocycles. The first-order valence-corrected chi connectivity index (χ1v) is 6.78. The zero-order valence-electron chi connectivity index (χ0n) is 10.3. The minimum Gasteiger partial charge on any atom is -0.348 e. The van der Waals surface area contributed by atoms with Crippen molar-refractivity contribution in [3.8, 4) is 0 Å². The molecule has 0 bridgehead atoms. The Bertz CT molecular complexity index is 385. The third kappa shape index (κ3) is 3.01. The SMILES string of the molecule is CCc1nnsc1C(=O)NC1CCN(C)CC1. The molecule has 1 aliphatic heterocycles. The van der Waals surface area contributed by atoms with E-state index in [1.54, 1.807) is 0 Å². The van der Waals surface area contributed by atoms with Crippen LogP contribution >= 0.6 is 11.5 Å². The molecule has 2 rings (SSSR count). The van der Waals surface area contributed by atoms with Crippen molar-refractivity contribution in [1.82, 2.24) is 19.8 Å². The lowest BCUT2D eigenvalue weighted by Gasteiger charge is -2.29. The number of nitrogens with one attached hydrogen (secondary N) is 1. The minimum absolute atomic E-state index is 0.00796. The highest BCUT2D eigenvalue weighted by molar-refractivity contribution is 7.08. The predicted octanol–water partition coefficient (Wildman–Crippen LogP) is 0.924. The average molecular weight is 254 g/mol. The van der Waals surface area contributed by atoms with Gasteiger partial charge in [-0.15, -0.1) is 5.10 Å². The van der Waals surface area contributed by atoms with Crippen molar-refractivity contribution in [1.29, 1.82) is 0 Å². The second-order valence-electron chi connectivity index (χ2n) is 4.45. The molecular formula is C11H18N4OS. The maximum absolute atomic E-state index is 12.0. The van der Waals surface area contributed by atoms with E-state index in [4.69, 9.17) is 0 Å². The van der Waals surface area contributed by atoms with Crippen molar-refractivity contribution in [2.45, 2.75) is 32.2 Å². The van der Waals surface area contributed by atoms with Gasteiger partial charge in [0.05, 0.1) is 5.69 Å². The van der Waals surface area contributed by atoms with E-state index in [9.17, 15) is 4.79 Å². The Labute approximate surface area is 105 Å². The van der Waals surface area contributed by atoms with Crippen molar-refractivity contribution >= 4 is 17.4 Å². The van der Waals surface area contributed by atoms with Crippen LogP contribution in [0.4, 0.5) is 0 Å². The van der Waals surface area contributed by atoms with Crippen LogP contribution in [-0.2, 0) is 6.42 Å². The number of carbonyl (C=O) groups is 1. The maximum atomic E-state index is 12.0. The first kappa shape index (κ1) is 12.4. The van der Waals surface area contributed by atoms with E-state index in [0.29, 0.717) is 10.9 Å². The maximum Gasteiger partial charge on any atom is 0.265 e. The molecule has 1 N–H and O–H groups in total. The van der Waals surface area contributed by atoms with E-state index >= 15 is 0 Å². The molecule has 0 atom stereocenters. The quantitative estimate of drug-likeness (QED) is 0.871. The van der Waals surface area contributed by atoms with Crippen molar-refractivity contribution in [3.05, 3.63) is 10.6 Å². The van der Waals surface area contributed by atoms with Crippen LogP contribution in [0.2, 0.25) is 0 Å². The van der Waals surface area contributed by atoms with E-state index < -0.39 is 0 Å². The van der Waals surface area contributed by atoms with Gasteiger partial charge in [0.2, 0.25) is 0 Å². The van der Waals surface area contributed by atoms with Gasteiger partial charge in [0.15, 0.2) is 0 Å². The molecule has 1 aromatic heterocycles. The molecule has 0 spiro atoms. The van der Waals surface area contributed by atoms with Crippen molar-refractivity contribution in [2.24, 2.45) is 0 Å². The molecule has 17 heavy (non-hydrogen) atoms. The molecule has 1 fully saturated rings. The van der Waals surface area contributed by atoms with E-state index in [1.807, 2.05) is 6.92 Å². The van der Waals surface area contributed by atoms with E-state index in [1.165, 1.54) is 11.5 Å². The van der Waals surface area contributed by atoms with Gasteiger partial charge < -0.3 is 10.2 Å². The summed E-state index contributed by atoms with van der Waals surface area (Å²) < 4.78 is 3.84. The predicted molar refractivity (Wildman–Crippen MR) is 67.3 cm³/mol.